The summed E-state index contributed by atoms with van der Waals surface area (Å²) in [6.45, 7) is 2.13. The van der Waals surface area contributed by atoms with Gasteiger partial charge in [-0.05, 0) is 36.5 Å². The number of rotatable bonds is 3. The van der Waals surface area contributed by atoms with Crippen molar-refractivity contribution in [3.05, 3.63) is 71.3 Å². The molecule has 2 aromatic rings. The van der Waals surface area contributed by atoms with Crippen molar-refractivity contribution < 1.29 is 0 Å². The largest absolute Gasteiger partial charge is 0.292 e. The van der Waals surface area contributed by atoms with Gasteiger partial charge >= 0.3 is 0 Å². The van der Waals surface area contributed by atoms with Crippen LogP contribution in [0.3, 0.4) is 0 Å². The SMILES string of the molecule is C[C@@H](NC1(C#N)CCc2ccccc2C1)c1ccccc1. The highest BCUT2D eigenvalue weighted by molar-refractivity contribution is 5.35. The molecule has 0 spiro atoms. The summed E-state index contributed by atoms with van der Waals surface area (Å²) < 4.78 is 0. The molecule has 1 aliphatic rings. The molecule has 0 aromatic heterocycles. The van der Waals surface area contributed by atoms with Gasteiger partial charge in [0.2, 0.25) is 0 Å². The van der Waals surface area contributed by atoms with Gasteiger partial charge in [0.05, 0.1) is 6.07 Å². The second-order valence-corrected chi connectivity index (χ2v) is 5.92. The number of nitrogens with zero attached hydrogens (tertiary/aromatic N) is 1. The van der Waals surface area contributed by atoms with Crippen LogP contribution in [0, 0.1) is 11.3 Å². The zero-order valence-electron chi connectivity index (χ0n) is 12.3. The first-order valence-corrected chi connectivity index (χ1v) is 7.53. The van der Waals surface area contributed by atoms with Crippen LogP contribution in [0.25, 0.3) is 0 Å². The first-order valence-electron chi connectivity index (χ1n) is 7.53. The molecule has 0 amide bonds. The summed E-state index contributed by atoms with van der Waals surface area (Å²) in [6, 6.07) is 21.5. The quantitative estimate of drug-likeness (QED) is 0.926. The average molecular weight is 276 g/mol. The van der Waals surface area contributed by atoms with Crippen molar-refractivity contribution >= 4 is 0 Å². The molecule has 3 rings (SSSR count). The summed E-state index contributed by atoms with van der Waals surface area (Å²) in [5, 5.41) is 13.3. The fraction of sp³-hybridized carbons (Fsp3) is 0.316. The Hall–Kier alpha value is -2.11. The number of hydrogen-bond donors (Lipinski definition) is 1. The monoisotopic (exact) mass is 276 g/mol. The van der Waals surface area contributed by atoms with Gasteiger partial charge < -0.3 is 0 Å². The van der Waals surface area contributed by atoms with Gasteiger partial charge in [0.15, 0.2) is 0 Å². The minimum atomic E-state index is -0.455. The first-order chi connectivity index (χ1) is 10.2. The van der Waals surface area contributed by atoms with E-state index in [0.717, 1.165) is 19.3 Å². The molecule has 1 N–H and O–H groups in total. The molecule has 2 heteroatoms. The minimum absolute atomic E-state index is 0.177. The molecule has 0 radical (unpaired) electrons. The summed E-state index contributed by atoms with van der Waals surface area (Å²) in [7, 11) is 0. The van der Waals surface area contributed by atoms with Gasteiger partial charge in [-0.3, -0.25) is 5.32 Å². The number of nitrogens with one attached hydrogen (secondary N) is 1. The molecule has 1 unspecified atom stereocenters. The van der Waals surface area contributed by atoms with E-state index in [1.807, 2.05) is 18.2 Å². The molecule has 0 saturated heterocycles. The van der Waals surface area contributed by atoms with Crippen LogP contribution in [0.4, 0.5) is 0 Å². The Morgan fingerprint density at radius 2 is 1.71 bits per heavy atom. The van der Waals surface area contributed by atoms with Gasteiger partial charge in [0, 0.05) is 12.5 Å². The van der Waals surface area contributed by atoms with E-state index in [1.54, 1.807) is 0 Å². The predicted molar refractivity (Wildman–Crippen MR) is 84.8 cm³/mol. The Balaban J connectivity index is 1.82. The Morgan fingerprint density at radius 3 is 2.43 bits per heavy atom. The van der Waals surface area contributed by atoms with E-state index >= 15 is 0 Å². The van der Waals surface area contributed by atoms with Crippen LogP contribution in [-0.4, -0.2) is 5.54 Å². The van der Waals surface area contributed by atoms with E-state index < -0.39 is 5.54 Å². The summed E-state index contributed by atoms with van der Waals surface area (Å²) in [6.07, 6.45) is 2.63. The third-order valence-electron chi connectivity index (χ3n) is 4.44. The molecular formula is C19H20N2. The molecule has 106 valence electrons. The standard InChI is InChI=1S/C19H20N2/c1-15(16-7-3-2-4-8-16)21-19(14-20)12-11-17-9-5-6-10-18(17)13-19/h2-10,15,21H,11-13H2,1H3/t15-,19?/m1/s1. The van der Waals surface area contributed by atoms with Gasteiger partial charge in [0.25, 0.3) is 0 Å². The summed E-state index contributed by atoms with van der Waals surface area (Å²) in [5.41, 5.74) is 3.46. The van der Waals surface area contributed by atoms with Crippen LogP contribution >= 0.6 is 0 Å². The van der Waals surface area contributed by atoms with E-state index in [2.05, 4.69) is 54.7 Å². The molecule has 2 nitrogen and oxygen atoms in total. The highest BCUT2D eigenvalue weighted by atomic mass is 15.0. The van der Waals surface area contributed by atoms with Crippen molar-refractivity contribution in [1.82, 2.24) is 5.32 Å². The lowest BCUT2D eigenvalue weighted by atomic mass is 9.78. The lowest BCUT2D eigenvalue weighted by Gasteiger charge is -2.35. The van der Waals surface area contributed by atoms with Crippen LogP contribution in [0.1, 0.15) is 36.1 Å². The van der Waals surface area contributed by atoms with Crippen molar-refractivity contribution in [1.29, 1.82) is 5.26 Å². The van der Waals surface area contributed by atoms with Crippen LogP contribution in [0.15, 0.2) is 54.6 Å². The molecule has 0 fully saturated rings. The summed E-state index contributed by atoms with van der Waals surface area (Å²) in [4.78, 5) is 0. The maximum Gasteiger partial charge on any atom is 0.111 e. The Bertz CT molecular complexity index is 657. The average Bonchev–Trinajstić information content (AvgIpc) is 2.55. The van der Waals surface area contributed by atoms with E-state index in [4.69, 9.17) is 0 Å². The number of aryl methyl sites for hydroxylation is 1. The molecular weight excluding hydrogens is 256 g/mol. The number of nitriles is 1. The molecule has 0 saturated carbocycles. The van der Waals surface area contributed by atoms with E-state index in [1.165, 1.54) is 16.7 Å². The smallest absolute Gasteiger partial charge is 0.111 e. The fourth-order valence-electron chi connectivity index (χ4n) is 3.23. The van der Waals surface area contributed by atoms with E-state index in [0.29, 0.717) is 0 Å². The topological polar surface area (TPSA) is 35.8 Å². The fourth-order valence-corrected chi connectivity index (χ4v) is 3.23. The number of fused-ring (bicyclic) bond motifs is 1. The zero-order valence-corrected chi connectivity index (χ0v) is 12.3. The second-order valence-electron chi connectivity index (χ2n) is 5.92. The van der Waals surface area contributed by atoms with Crippen molar-refractivity contribution in [3.8, 4) is 6.07 Å². The Labute approximate surface area is 126 Å². The number of benzene rings is 2. The maximum atomic E-state index is 9.75. The van der Waals surface area contributed by atoms with E-state index in [-0.39, 0.29) is 6.04 Å². The molecule has 1 aliphatic carbocycles. The van der Waals surface area contributed by atoms with Crippen LogP contribution < -0.4 is 5.32 Å². The van der Waals surface area contributed by atoms with E-state index in [9.17, 15) is 5.26 Å². The molecule has 2 atom stereocenters. The highest BCUT2D eigenvalue weighted by Gasteiger charge is 2.35. The highest BCUT2D eigenvalue weighted by Crippen LogP contribution is 2.30. The van der Waals surface area contributed by atoms with Gasteiger partial charge in [-0.1, -0.05) is 54.6 Å². The van der Waals surface area contributed by atoms with Crippen LogP contribution in [0.5, 0.6) is 0 Å². The third-order valence-corrected chi connectivity index (χ3v) is 4.44. The molecule has 0 aliphatic heterocycles. The van der Waals surface area contributed by atoms with Crippen molar-refractivity contribution in [2.24, 2.45) is 0 Å². The zero-order chi connectivity index (χ0) is 14.7. The normalized spacial score (nSPS) is 22.1. The van der Waals surface area contributed by atoms with Crippen molar-refractivity contribution in [3.63, 3.8) is 0 Å². The van der Waals surface area contributed by atoms with Gasteiger partial charge in [-0.15, -0.1) is 0 Å². The Kier molecular flexibility index (Phi) is 3.77. The van der Waals surface area contributed by atoms with Gasteiger partial charge in [-0.25, -0.2) is 0 Å². The minimum Gasteiger partial charge on any atom is -0.292 e. The lowest BCUT2D eigenvalue weighted by molar-refractivity contribution is 0.331. The van der Waals surface area contributed by atoms with Gasteiger partial charge in [0.1, 0.15) is 5.54 Å². The second kappa shape index (κ2) is 5.71. The lowest BCUT2D eigenvalue weighted by Crippen LogP contribution is -2.49. The molecule has 21 heavy (non-hydrogen) atoms. The van der Waals surface area contributed by atoms with Crippen molar-refractivity contribution in [2.45, 2.75) is 37.8 Å². The third kappa shape index (κ3) is 2.84. The van der Waals surface area contributed by atoms with Gasteiger partial charge in [-0.2, -0.15) is 5.26 Å². The first kappa shape index (κ1) is 13.9. The maximum absolute atomic E-state index is 9.75. The van der Waals surface area contributed by atoms with Crippen LogP contribution in [0.2, 0.25) is 0 Å². The molecule has 0 heterocycles. The van der Waals surface area contributed by atoms with Crippen LogP contribution in [-0.2, 0) is 12.8 Å². The predicted octanol–water partition coefficient (Wildman–Crippen LogP) is 3.79. The summed E-state index contributed by atoms with van der Waals surface area (Å²) in [5.74, 6) is 0. The molecule has 2 aromatic carbocycles. The van der Waals surface area contributed by atoms with Crippen molar-refractivity contribution in [2.75, 3.05) is 0 Å². The molecule has 0 bridgehead atoms. The summed E-state index contributed by atoms with van der Waals surface area (Å²) >= 11 is 0. The number of hydrogen-bond acceptors (Lipinski definition) is 2. The Morgan fingerprint density at radius 1 is 1.05 bits per heavy atom.